The van der Waals surface area contributed by atoms with Crippen LogP contribution in [0.1, 0.15) is 12.0 Å². The molecule has 0 amide bonds. The Morgan fingerprint density at radius 3 is 2.93 bits per heavy atom. The third-order valence-corrected chi connectivity index (χ3v) is 2.76. The summed E-state index contributed by atoms with van der Waals surface area (Å²) in [6.07, 6.45) is 4.29. The summed E-state index contributed by atoms with van der Waals surface area (Å²) in [6, 6.07) is 8.83. The first-order valence-corrected chi connectivity index (χ1v) is 5.34. The Hall–Kier alpha value is -1.28. The minimum Gasteiger partial charge on any atom is -0.385 e. The number of aryl methyl sites for hydroxylation is 2. The number of hydrogen-bond acceptors (Lipinski definition) is 1. The van der Waals surface area contributed by atoms with Gasteiger partial charge in [0, 0.05) is 32.5 Å². The SMILES string of the molecule is COCCCc1ccc2c(ccn2C)c1. The lowest BCUT2D eigenvalue weighted by atomic mass is 10.1. The van der Waals surface area contributed by atoms with Crippen molar-refractivity contribution < 1.29 is 4.74 Å². The fourth-order valence-corrected chi connectivity index (χ4v) is 1.91. The van der Waals surface area contributed by atoms with Crippen LogP contribution in [0.2, 0.25) is 0 Å². The van der Waals surface area contributed by atoms with Gasteiger partial charge in [-0.05, 0) is 42.0 Å². The smallest absolute Gasteiger partial charge is 0.0477 e. The van der Waals surface area contributed by atoms with E-state index in [4.69, 9.17) is 4.74 Å². The summed E-state index contributed by atoms with van der Waals surface area (Å²) in [7, 11) is 3.83. The summed E-state index contributed by atoms with van der Waals surface area (Å²) in [5.74, 6) is 0. The zero-order chi connectivity index (χ0) is 10.7. The number of nitrogens with zero attached hydrogens (tertiary/aromatic N) is 1. The van der Waals surface area contributed by atoms with Crippen molar-refractivity contribution in [1.29, 1.82) is 0 Å². The number of ether oxygens (including phenoxy) is 1. The Labute approximate surface area is 90.5 Å². The first-order valence-electron chi connectivity index (χ1n) is 5.34. The molecule has 0 aliphatic carbocycles. The van der Waals surface area contributed by atoms with Crippen LogP contribution in [0.4, 0.5) is 0 Å². The number of aromatic nitrogens is 1. The maximum atomic E-state index is 5.05. The van der Waals surface area contributed by atoms with Crippen molar-refractivity contribution in [1.82, 2.24) is 4.57 Å². The molecule has 0 aliphatic rings. The first-order chi connectivity index (χ1) is 7.31. The number of methoxy groups -OCH3 is 1. The van der Waals surface area contributed by atoms with Gasteiger partial charge in [-0.15, -0.1) is 0 Å². The monoisotopic (exact) mass is 203 g/mol. The maximum Gasteiger partial charge on any atom is 0.0477 e. The van der Waals surface area contributed by atoms with Crippen LogP contribution < -0.4 is 0 Å². The predicted molar refractivity (Wildman–Crippen MR) is 63.1 cm³/mol. The summed E-state index contributed by atoms with van der Waals surface area (Å²) < 4.78 is 7.20. The van der Waals surface area contributed by atoms with Gasteiger partial charge < -0.3 is 9.30 Å². The van der Waals surface area contributed by atoms with Crippen molar-refractivity contribution in [2.75, 3.05) is 13.7 Å². The Bertz CT molecular complexity index is 445. The third kappa shape index (κ3) is 2.21. The summed E-state index contributed by atoms with van der Waals surface area (Å²) in [5, 5.41) is 1.33. The molecule has 2 rings (SSSR count). The van der Waals surface area contributed by atoms with Crippen molar-refractivity contribution in [3.05, 3.63) is 36.0 Å². The molecule has 0 N–H and O–H groups in total. The van der Waals surface area contributed by atoms with E-state index in [9.17, 15) is 0 Å². The average molecular weight is 203 g/mol. The molecule has 0 atom stereocenters. The minimum absolute atomic E-state index is 0.840. The van der Waals surface area contributed by atoms with E-state index in [-0.39, 0.29) is 0 Å². The molecule has 1 heterocycles. The average Bonchev–Trinajstić information content (AvgIpc) is 2.61. The van der Waals surface area contributed by atoms with Crippen LogP contribution in [0.25, 0.3) is 10.9 Å². The van der Waals surface area contributed by atoms with Crippen molar-refractivity contribution in [2.24, 2.45) is 7.05 Å². The highest BCUT2D eigenvalue weighted by atomic mass is 16.5. The lowest BCUT2D eigenvalue weighted by Gasteiger charge is -2.02. The predicted octanol–water partition coefficient (Wildman–Crippen LogP) is 2.76. The van der Waals surface area contributed by atoms with Crippen LogP contribution in [0, 0.1) is 0 Å². The molecule has 1 aromatic heterocycles. The van der Waals surface area contributed by atoms with Gasteiger partial charge in [0.15, 0.2) is 0 Å². The van der Waals surface area contributed by atoms with Gasteiger partial charge in [0.2, 0.25) is 0 Å². The molecule has 2 nitrogen and oxygen atoms in total. The van der Waals surface area contributed by atoms with Gasteiger partial charge in [-0.25, -0.2) is 0 Å². The summed E-state index contributed by atoms with van der Waals surface area (Å²) in [5.41, 5.74) is 2.69. The van der Waals surface area contributed by atoms with Gasteiger partial charge in [0.25, 0.3) is 0 Å². The van der Waals surface area contributed by atoms with Crippen LogP contribution in [-0.2, 0) is 18.2 Å². The number of rotatable bonds is 4. The van der Waals surface area contributed by atoms with Gasteiger partial charge in [-0.1, -0.05) is 6.07 Å². The van der Waals surface area contributed by atoms with Gasteiger partial charge >= 0.3 is 0 Å². The second-order valence-electron chi connectivity index (χ2n) is 3.92. The molecule has 0 saturated heterocycles. The van der Waals surface area contributed by atoms with E-state index in [2.05, 4.69) is 42.1 Å². The fraction of sp³-hybridized carbons (Fsp3) is 0.385. The highest BCUT2D eigenvalue weighted by molar-refractivity contribution is 5.80. The molecular weight excluding hydrogens is 186 g/mol. The van der Waals surface area contributed by atoms with E-state index in [0.29, 0.717) is 0 Å². The van der Waals surface area contributed by atoms with Crippen LogP contribution in [-0.4, -0.2) is 18.3 Å². The summed E-state index contributed by atoms with van der Waals surface area (Å²) >= 11 is 0. The number of fused-ring (bicyclic) bond motifs is 1. The first kappa shape index (κ1) is 10.2. The molecule has 0 radical (unpaired) electrons. The molecule has 2 aromatic rings. The van der Waals surface area contributed by atoms with Crippen LogP contribution >= 0.6 is 0 Å². The Kier molecular flexibility index (Phi) is 3.07. The molecular formula is C13H17NO. The number of hydrogen-bond donors (Lipinski definition) is 0. The molecule has 0 spiro atoms. The molecule has 0 saturated carbocycles. The zero-order valence-electron chi connectivity index (χ0n) is 9.36. The van der Waals surface area contributed by atoms with Crippen LogP contribution in [0.5, 0.6) is 0 Å². The van der Waals surface area contributed by atoms with Crippen molar-refractivity contribution in [2.45, 2.75) is 12.8 Å². The van der Waals surface area contributed by atoms with Crippen molar-refractivity contribution in [3.8, 4) is 0 Å². The molecule has 2 heteroatoms. The van der Waals surface area contributed by atoms with Gasteiger partial charge in [0.1, 0.15) is 0 Å². The quantitative estimate of drug-likeness (QED) is 0.697. The third-order valence-electron chi connectivity index (χ3n) is 2.76. The van der Waals surface area contributed by atoms with E-state index in [1.165, 1.54) is 16.5 Å². The topological polar surface area (TPSA) is 14.2 Å². The molecule has 0 unspecified atom stereocenters. The molecule has 0 fully saturated rings. The van der Waals surface area contributed by atoms with Crippen LogP contribution in [0.3, 0.4) is 0 Å². The highest BCUT2D eigenvalue weighted by Gasteiger charge is 1.99. The Morgan fingerprint density at radius 1 is 1.27 bits per heavy atom. The van der Waals surface area contributed by atoms with Gasteiger partial charge in [-0.2, -0.15) is 0 Å². The molecule has 0 aliphatic heterocycles. The normalized spacial score (nSPS) is 11.1. The van der Waals surface area contributed by atoms with E-state index < -0.39 is 0 Å². The second kappa shape index (κ2) is 4.49. The Balaban J connectivity index is 2.16. The van der Waals surface area contributed by atoms with E-state index in [1.54, 1.807) is 7.11 Å². The van der Waals surface area contributed by atoms with Crippen molar-refractivity contribution in [3.63, 3.8) is 0 Å². The second-order valence-corrected chi connectivity index (χ2v) is 3.92. The zero-order valence-corrected chi connectivity index (χ0v) is 9.36. The maximum absolute atomic E-state index is 5.05. The largest absolute Gasteiger partial charge is 0.385 e. The van der Waals surface area contributed by atoms with E-state index in [0.717, 1.165) is 19.4 Å². The highest BCUT2D eigenvalue weighted by Crippen LogP contribution is 2.17. The lowest BCUT2D eigenvalue weighted by Crippen LogP contribution is -1.92. The number of benzene rings is 1. The fourth-order valence-electron chi connectivity index (χ4n) is 1.91. The molecule has 1 aromatic carbocycles. The van der Waals surface area contributed by atoms with Gasteiger partial charge in [0.05, 0.1) is 0 Å². The standard InChI is InChI=1S/C13H17NO/c1-14-8-7-12-10-11(4-3-9-15-2)5-6-13(12)14/h5-8,10H,3-4,9H2,1-2H3. The molecule has 0 bridgehead atoms. The van der Waals surface area contributed by atoms with E-state index >= 15 is 0 Å². The van der Waals surface area contributed by atoms with Gasteiger partial charge in [-0.3, -0.25) is 0 Å². The summed E-state index contributed by atoms with van der Waals surface area (Å²) in [6.45, 7) is 0.840. The Morgan fingerprint density at radius 2 is 2.13 bits per heavy atom. The minimum atomic E-state index is 0.840. The molecule has 80 valence electrons. The summed E-state index contributed by atoms with van der Waals surface area (Å²) in [4.78, 5) is 0. The van der Waals surface area contributed by atoms with Crippen molar-refractivity contribution >= 4 is 10.9 Å². The van der Waals surface area contributed by atoms with Crippen LogP contribution in [0.15, 0.2) is 30.5 Å². The molecule has 15 heavy (non-hydrogen) atoms. The van der Waals surface area contributed by atoms with E-state index in [1.807, 2.05) is 0 Å². The lowest BCUT2D eigenvalue weighted by molar-refractivity contribution is 0.195.